The fourth-order valence-electron chi connectivity index (χ4n) is 3.58. The Hall–Kier alpha value is -3.98. The summed E-state index contributed by atoms with van der Waals surface area (Å²) in [6, 6.07) is 2.48. The first-order valence-corrected chi connectivity index (χ1v) is 12.3. The largest absolute Gasteiger partial charge is 0.543 e. The highest BCUT2D eigenvalue weighted by Crippen LogP contribution is 2.40. The number of aromatic nitrogens is 3. The van der Waals surface area contributed by atoms with Crippen molar-refractivity contribution in [3.05, 3.63) is 54.3 Å². The van der Waals surface area contributed by atoms with Crippen molar-refractivity contribution in [2.75, 3.05) is 25.2 Å². The summed E-state index contributed by atoms with van der Waals surface area (Å²) in [4.78, 5) is 48.0. The van der Waals surface area contributed by atoms with Crippen LogP contribution in [-0.2, 0) is 25.8 Å². The predicted molar refractivity (Wildman–Crippen MR) is 127 cm³/mol. The number of carbonyl (C=O) groups is 3. The van der Waals surface area contributed by atoms with Crippen LogP contribution < -0.4 is 25.5 Å². The third-order valence-corrected chi connectivity index (χ3v) is 7.10. The van der Waals surface area contributed by atoms with Crippen molar-refractivity contribution >= 4 is 51.9 Å². The normalized spacial score (nSPS) is 19.3. The molecule has 13 nitrogen and oxygen atoms in total. The molecule has 3 N–H and O–H groups in total. The minimum absolute atomic E-state index is 0.0275. The van der Waals surface area contributed by atoms with Gasteiger partial charge in [-0.25, -0.2) is 4.57 Å². The van der Waals surface area contributed by atoms with Gasteiger partial charge in [0.1, 0.15) is 23.8 Å². The molecule has 188 valence electrons. The molecule has 4 heterocycles. The number of amides is 2. The number of methoxy groups -OCH3 is 1. The summed E-state index contributed by atoms with van der Waals surface area (Å²) in [5, 5.41) is 17.8. The average Bonchev–Trinajstić information content (AvgIpc) is 3.30. The van der Waals surface area contributed by atoms with E-state index in [2.05, 4.69) is 26.4 Å². The molecule has 0 spiro atoms. The number of oxime groups is 1. The third-order valence-electron chi connectivity index (χ3n) is 5.21. The number of pyridine rings is 1. The summed E-state index contributed by atoms with van der Waals surface area (Å²) in [5.74, 6) is -1.92. The van der Waals surface area contributed by atoms with E-state index in [9.17, 15) is 19.5 Å². The number of hydrogen-bond acceptors (Lipinski definition) is 12. The fourth-order valence-corrected chi connectivity index (χ4v) is 5.35. The van der Waals surface area contributed by atoms with E-state index in [0.717, 1.165) is 16.4 Å². The van der Waals surface area contributed by atoms with Gasteiger partial charge < -0.3 is 30.5 Å². The van der Waals surface area contributed by atoms with E-state index in [1.54, 1.807) is 36.2 Å². The number of carbonyl (C=O) groups excluding carboxylic acids is 3. The summed E-state index contributed by atoms with van der Waals surface area (Å²) < 4.78 is 10.9. The monoisotopic (exact) mass is 531 g/mol. The van der Waals surface area contributed by atoms with Crippen LogP contribution in [0.5, 0.6) is 5.75 Å². The molecule has 2 atom stereocenters. The van der Waals surface area contributed by atoms with E-state index < -0.39 is 29.2 Å². The molecule has 2 amide bonds. The molecule has 2 aliphatic heterocycles. The number of carboxylic acid groups (broad SMARTS) is 1. The van der Waals surface area contributed by atoms with Crippen LogP contribution in [0.4, 0.5) is 5.13 Å². The SMILES string of the molecule is C=CCON=C(C(=O)NC1C(=O)N2C(C(=O)[O-])=C(C[n+]3ccc(OC)cc3)CS[C@@H]12)c1nsc(N)n1. The molecule has 1 saturated heterocycles. The van der Waals surface area contributed by atoms with Gasteiger partial charge in [-0.3, -0.25) is 14.5 Å². The van der Waals surface area contributed by atoms with E-state index in [4.69, 9.17) is 15.3 Å². The lowest BCUT2D eigenvalue weighted by atomic mass is 10.0. The molecule has 0 aliphatic carbocycles. The van der Waals surface area contributed by atoms with Crippen molar-refractivity contribution in [2.24, 2.45) is 5.16 Å². The molecule has 0 radical (unpaired) electrons. The van der Waals surface area contributed by atoms with Crippen LogP contribution in [0.1, 0.15) is 5.82 Å². The molecule has 36 heavy (non-hydrogen) atoms. The minimum Gasteiger partial charge on any atom is -0.543 e. The maximum absolute atomic E-state index is 13.0. The Labute approximate surface area is 213 Å². The van der Waals surface area contributed by atoms with E-state index in [1.165, 1.54) is 17.8 Å². The maximum atomic E-state index is 13.0. The van der Waals surface area contributed by atoms with Gasteiger partial charge in [-0.05, 0) is 0 Å². The lowest BCUT2D eigenvalue weighted by molar-refractivity contribution is -0.689. The second-order valence-corrected chi connectivity index (χ2v) is 9.38. The van der Waals surface area contributed by atoms with E-state index >= 15 is 0 Å². The van der Waals surface area contributed by atoms with Crippen LogP contribution in [-0.4, -0.2) is 68.6 Å². The summed E-state index contributed by atoms with van der Waals surface area (Å²) in [5.41, 5.74) is 5.64. The van der Waals surface area contributed by atoms with Gasteiger partial charge in [0, 0.05) is 35.0 Å². The van der Waals surface area contributed by atoms with Crippen LogP contribution in [0, 0.1) is 0 Å². The number of fused-ring (bicyclic) bond motifs is 1. The van der Waals surface area contributed by atoms with Crippen LogP contribution in [0.25, 0.3) is 0 Å². The Morgan fingerprint density at radius 1 is 1.44 bits per heavy atom. The van der Waals surface area contributed by atoms with Gasteiger partial charge >= 0.3 is 0 Å². The first kappa shape index (κ1) is 25.1. The van der Waals surface area contributed by atoms with Crippen molar-refractivity contribution in [3.63, 3.8) is 0 Å². The number of nitrogens with one attached hydrogen (secondary N) is 1. The van der Waals surface area contributed by atoms with Crippen LogP contribution in [0.2, 0.25) is 0 Å². The van der Waals surface area contributed by atoms with Gasteiger partial charge in [-0.1, -0.05) is 17.8 Å². The molecule has 2 aliphatic rings. The Morgan fingerprint density at radius 3 is 2.81 bits per heavy atom. The third kappa shape index (κ3) is 5.01. The summed E-state index contributed by atoms with van der Waals surface area (Å²) in [6.45, 7) is 3.77. The number of β-lactam (4-membered cyclic amide) rings is 1. The van der Waals surface area contributed by atoms with Gasteiger partial charge in [-0.2, -0.15) is 9.36 Å². The van der Waals surface area contributed by atoms with Crippen molar-refractivity contribution in [1.82, 2.24) is 19.6 Å². The highest BCUT2D eigenvalue weighted by molar-refractivity contribution is 8.00. The second kappa shape index (κ2) is 10.7. The second-order valence-electron chi connectivity index (χ2n) is 7.49. The van der Waals surface area contributed by atoms with Crippen molar-refractivity contribution in [1.29, 1.82) is 0 Å². The molecule has 4 rings (SSSR count). The number of rotatable bonds is 10. The van der Waals surface area contributed by atoms with Gasteiger partial charge in [0.2, 0.25) is 11.5 Å². The van der Waals surface area contributed by atoms with Gasteiger partial charge in [-0.15, -0.1) is 11.8 Å². The molecule has 2 aromatic rings. The zero-order valence-corrected chi connectivity index (χ0v) is 20.6. The van der Waals surface area contributed by atoms with Gasteiger partial charge in [0.05, 0.1) is 18.8 Å². The Kier molecular flexibility index (Phi) is 7.49. The quantitative estimate of drug-likeness (QED) is 0.0909. The lowest BCUT2D eigenvalue weighted by Crippen LogP contribution is -2.71. The molecule has 15 heteroatoms. The minimum atomic E-state index is -1.47. The van der Waals surface area contributed by atoms with Gasteiger partial charge in [0.15, 0.2) is 24.1 Å². The molecular weight excluding hydrogens is 510 g/mol. The number of thioether (sulfide) groups is 1. The standard InChI is InChI=1S/C21H21N7O6S2/c1-3-8-34-25-13(16-24-21(22)36-26-16)17(29)23-14-18(30)28-15(20(31)32)11(10-35-19(14)28)9-27-6-4-12(33-2)5-7-27/h3-7,14,19H,1,8-10H2,2H3,(H3-,22,23,24,26,29,31,32)/t14?,19-/m0/s1. The van der Waals surface area contributed by atoms with E-state index in [0.29, 0.717) is 17.1 Å². The van der Waals surface area contributed by atoms with E-state index in [1.807, 2.05) is 0 Å². The molecule has 1 unspecified atom stereocenters. The number of nitrogens with two attached hydrogens (primary N) is 1. The van der Waals surface area contributed by atoms with Crippen LogP contribution in [0.15, 0.2) is 53.6 Å². The first-order chi connectivity index (χ1) is 17.3. The Bertz CT molecular complexity index is 1260. The van der Waals surface area contributed by atoms with E-state index in [-0.39, 0.29) is 35.5 Å². The zero-order chi connectivity index (χ0) is 25.8. The number of carboxylic acids is 1. The van der Waals surface area contributed by atoms with Gasteiger partial charge in [0.25, 0.3) is 11.8 Å². The predicted octanol–water partition coefficient (Wildman–Crippen LogP) is -1.57. The number of hydrogen-bond donors (Lipinski definition) is 2. The van der Waals surface area contributed by atoms with Crippen LogP contribution >= 0.6 is 23.3 Å². The highest BCUT2D eigenvalue weighted by Gasteiger charge is 2.53. The lowest BCUT2D eigenvalue weighted by Gasteiger charge is -2.50. The molecule has 0 saturated carbocycles. The number of nitrogens with zero attached hydrogens (tertiary/aromatic N) is 5. The van der Waals surface area contributed by atoms with Crippen molar-refractivity contribution in [3.8, 4) is 5.75 Å². The topological polar surface area (TPSA) is 176 Å². The van der Waals surface area contributed by atoms with Crippen molar-refractivity contribution in [2.45, 2.75) is 18.0 Å². The summed E-state index contributed by atoms with van der Waals surface area (Å²) in [6.07, 6.45) is 4.92. The molecule has 2 aromatic heterocycles. The molecule has 1 fully saturated rings. The molecule has 0 bridgehead atoms. The first-order valence-electron chi connectivity index (χ1n) is 10.5. The Balaban J connectivity index is 1.52. The molecular formula is C21H21N7O6S2. The fraction of sp³-hybridized carbons (Fsp3) is 0.286. The average molecular weight is 532 g/mol. The van der Waals surface area contributed by atoms with Crippen molar-refractivity contribution < 1.29 is 33.6 Å². The maximum Gasteiger partial charge on any atom is 0.278 e. The number of anilines is 1. The number of ether oxygens (including phenoxy) is 1. The smallest absolute Gasteiger partial charge is 0.278 e. The van der Waals surface area contributed by atoms with Crippen LogP contribution in [0.3, 0.4) is 0 Å². The summed E-state index contributed by atoms with van der Waals surface area (Å²) in [7, 11) is 1.55. The number of nitrogen functional groups attached to an aromatic ring is 1. The number of aliphatic carboxylic acids is 1. The zero-order valence-electron chi connectivity index (χ0n) is 18.9. The Morgan fingerprint density at radius 2 is 2.19 bits per heavy atom. The highest BCUT2D eigenvalue weighted by atomic mass is 32.2. The molecule has 0 aromatic carbocycles. The summed E-state index contributed by atoms with van der Waals surface area (Å²) >= 11 is 2.19.